The van der Waals surface area contributed by atoms with Crippen LogP contribution >= 0.6 is 11.6 Å². The van der Waals surface area contributed by atoms with Crippen LogP contribution in [-0.2, 0) is 6.54 Å². The molecule has 7 heteroatoms. The van der Waals surface area contributed by atoms with E-state index in [0.29, 0.717) is 28.4 Å². The van der Waals surface area contributed by atoms with E-state index in [1.807, 2.05) is 30.3 Å². The third-order valence-electron chi connectivity index (χ3n) is 3.71. The van der Waals surface area contributed by atoms with Crippen molar-refractivity contribution in [3.05, 3.63) is 58.6 Å². The topological polar surface area (TPSA) is 122 Å². The molecule has 25 heavy (non-hydrogen) atoms. The molecule has 0 radical (unpaired) electrons. The molecule has 5 N–H and O–H groups in total. The molecule has 0 spiro atoms. The van der Waals surface area contributed by atoms with Crippen molar-refractivity contribution in [3.63, 3.8) is 0 Å². The van der Waals surface area contributed by atoms with Crippen molar-refractivity contribution in [1.29, 1.82) is 5.26 Å². The van der Waals surface area contributed by atoms with Crippen molar-refractivity contribution in [2.24, 2.45) is 5.73 Å². The van der Waals surface area contributed by atoms with Crippen LogP contribution in [0.15, 0.2) is 42.5 Å². The Labute approximate surface area is 149 Å². The summed E-state index contributed by atoms with van der Waals surface area (Å²) < 4.78 is 0. The van der Waals surface area contributed by atoms with Crippen LogP contribution in [0.2, 0.25) is 5.02 Å². The first-order chi connectivity index (χ1) is 12.0. The number of anilines is 1. The quantitative estimate of drug-likeness (QED) is 0.666. The Morgan fingerprint density at radius 3 is 2.48 bits per heavy atom. The summed E-state index contributed by atoms with van der Waals surface area (Å²) >= 11 is 5.99. The minimum atomic E-state index is -0.0297. The van der Waals surface area contributed by atoms with Gasteiger partial charge in [-0.15, -0.1) is 0 Å². The molecule has 124 valence electrons. The van der Waals surface area contributed by atoms with Crippen LogP contribution in [-0.4, -0.2) is 15.1 Å². The number of hydrogen-bond acceptors (Lipinski definition) is 6. The molecule has 6 nitrogen and oxygen atoms in total. The minimum absolute atomic E-state index is 0.0297. The average Bonchev–Trinajstić information content (AvgIpc) is 2.63. The van der Waals surface area contributed by atoms with Gasteiger partial charge in [-0.3, -0.25) is 0 Å². The molecule has 0 aliphatic rings. The van der Waals surface area contributed by atoms with Crippen LogP contribution in [0.5, 0.6) is 5.75 Å². The number of halogens is 1. The van der Waals surface area contributed by atoms with Gasteiger partial charge in [-0.05, 0) is 23.8 Å². The van der Waals surface area contributed by atoms with E-state index in [-0.39, 0.29) is 23.0 Å². The van der Waals surface area contributed by atoms with E-state index >= 15 is 0 Å². The first kappa shape index (κ1) is 16.7. The minimum Gasteiger partial charge on any atom is -0.507 e. The molecule has 0 unspecified atom stereocenters. The van der Waals surface area contributed by atoms with Crippen molar-refractivity contribution < 1.29 is 5.11 Å². The number of nitrogen functional groups attached to an aromatic ring is 1. The van der Waals surface area contributed by atoms with Crippen LogP contribution in [0.3, 0.4) is 0 Å². The largest absolute Gasteiger partial charge is 0.507 e. The second-order valence-corrected chi connectivity index (χ2v) is 5.77. The van der Waals surface area contributed by atoms with Gasteiger partial charge in [-0.2, -0.15) is 5.26 Å². The summed E-state index contributed by atoms with van der Waals surface area (Å²) in [6.45, 7) is 0.416. The van der Waals surface area contributed by atoms with Gasteiger partial charge in [0, 0.05) is 17.1 Å². The van der Waals surface area contributed by atoms with Crippen molar-refractivity contribution >= 4 is 17.4 Å². The van der Waals surface area contributed by atoms with Crippen LogP contribution in [0.25, 0.3) is 22.6 Å². The number of aromatic hydroxyl groups is 1. The number of phenolic OH excluding ortho intramolecular Hbond substituents is 1. The molecule has 0 atom stereocenters. The van der Waals surface area contributed by atoms with Gasteiger partial charge in [-0.1, -0.05) is 35.9 Å². The molecule has 0 aliphatic heterocycles. The lowest BCUT2D eigenvalue weighted by Crippen LogP contribution is -2.03. The van der Waals surface area contributed by atoms with E-state index in [2.05, 4.69) is 9.97 Å². The molecule has 1 aromatic heterocycles. The Morgan fingerprint density at radius 1 is 1.12 bits per heavy atom. The van der Waals surface area contributed by atoms with Crippen LogP contribution in [0.1, 0.15) is 11.1 Å². The molecule has 1 heterocycles. The van der Waals surface area contributed by atoms with Crippen molar-refractivity contribution in [2.45, 2.75) is 6.54 Å². The van der Waals surface area contributed by atoms with Gasteiger partial charge in [0.15, 0.2) is 5.82 Å². The van der Waals surface area contributed by atoms with Crippen LogP contribution in [0.4, 0.5) is 5.82 Å². The highest BCUT2D eigenvalue weighted by atomic mass is 35.5. The van der Waals surface area contributed by atoms with E-state index in [1.165, 1.54) is 6.07 Å². The van der Waals surface area contributed by atoms with E-state index < -0.39 is 0 Å². The van der Waals surface area contributed by atoms with E-state index in [9.17, 15) is 10.4 Å². The fourth-order valence-corrected chi connectivity index (χ4v) is 2.58. The van der Waals surface area contributed by atoms with Gasteiger partial charge in [0.1, 0.15) is 23.2 Å². The van der Waals surface area contributed by atoms with Gasteiger partial charge in [0.25, 0.3) is 0 Å². The van der Waals surface area contributed by atoms with Gasteiger partial charge >= 0.3 is 0 Å². The summed E-state index contributed by atoms with van der Waals surface area (Å²) in [4.78, 5) is 8.58. The Hall–Kier alpha value is -3.14. The highest BCUT2D eigenvalue weighted by Crippen LogP contribution is 2.33. The molecule has 2 aromatic carbocycles. The van der Waals surface area contributed by atoms with Crippen LogP contribution < -0.4 is 11.5 Å². The third kappa shape index (κ3) is 3.24. The smallest absolute Gasteiger partial charge is 0.166 e. The second-order valence-electron chi connectivity index (χ2n) is 5.33. The zero-order valence-corrected chi connectivity index (χ0v) is 13.8. The number of nitriles is 1. The predicted octanol–water partition coefficient (Wildman–Crippen LogP) is 3.08. The SMILES string of the molecule is N#Cc1c(N)nc(-c2cc(Cl)ccc2O)nc1-c1ccc(CN)cc1. The maximum Gasteiger partial charge on any atom is 0.166 e. The lowest BCUT2D eigenvalue weighted by molar-refractivity contribution is 0.477. The highest BCUT2D eigenvalue weighted by molar-refractivity contribution is 6.30. The number of aromatic nitrogens is 2. The van der Waals surface area contributed by atoms with Crippen LogP contribution in [0, 0.1) is 11.3 Å². The Kier molecular flexibility index (Phi) is 4.52. The van der Waals surface area contributed by atoms with Crippen molar-refractivity contribution in [3.8, 4) is 34.5 Å². The zero-order valence-electron chi connectivity index (χ0n) is 13.1. The molecule has 0 saturated heterocycles. The molecule has 0 bridgehead atoms. The normalized spacial score (nSPS) is 10.4. The first-order valence-corrected chi connectivity index (χ1v) is 7.77. The van der Waals surface area contributed by atoms with Gasteiger partial charge in [-0.25, -0.2) is 9.97 Å². The number of nitrogens with zero attached hydrogens (tertiary/aromatic N) is 3. The molecule has 3 rings (SSSR count). The maximum atomic E-state index is 10.1. The summed E-state index contributed by atoms with van der Waals surface area (Å²) in [5.74, 6) is 0.192. The fraction of sp³-hybridized carbons (Fsp3) is 0.0556. The lowest BCUT2D eigenvalue weighted by atomic mass is 10.0. The first-order valence-electron chi connectivity index (χ1n) is 7.39. The third-order valence-corrected chi connectivity index (χ3v) is 3.95. The number of phenols is 1. The van der Waals surface area contributed by atoms with E-state index in [4.69, 9.17) is 23.1 Å². The monoisotopic (exact) mass is 351 g/mol. The summed E-state index contributed by atoms with van der Waals surface area (Å²) in [7, 11) is 0. The van der Waals surface area contributed by atoms with Gasteiger partial charge in [0.2, 0.25) is 0 Å². The maximum absolute atomic E-state index is 10.1. The number of benzene rings is 2. The summed E-state index contributed by atoms with van der Waals surface area (Å²) in [6, 6.07) is 13.9. The number of hydrogen-bond donors (Lipinski definition) is 3. The van der Waals surface area contributed by atoms with E-state index in [0.717, 1.165) is 5.56 Å². The standard InChI is InChI=1S/C18H14ClN5O/c19-12-5-6-15(25)13(7-12)18-23-16(14(9-21)17(22)24-18)11-3-1-10(8-20)2-4-11/h1-7,25H,8,20H2,(H2,22,23,24). The molecule has 0 aliphatic carbocycles. The zero-order chi connectivity index (χ0) is 18.0. The van der Waals surface area contributed by atoms with Crippen molar-refractivity contribution in [1.82, 2.24) is 9.97 Å². The molecular formula is C18H14ClN5O. The number of rotatable bonds is 3. The molecule has 3 aromatic rings. The average molecular weight is 352 g/mol. The molecule has 0 amide bonds. The Morgan fingerprint density at radius 2 is 1.84 bits per heavy atom. The van der Waals surface area contributed by atoms with Gasteiger partial charge in [0.05, 0.1) is 11.3 Å². The molecule has 0 saturated carbocycles. The van der Waals surface area contributed by atoms with E-state index in [1.54, 1.807) is 12.1 Å². The highest BCUT2D eigenvalue weighted by Gasteiger charge is 2.17. The lowest BCUT2D eigenvalue weighted by Gasteiger charge is -2.10. The number of nitrogens with two attached hydrogens (primary N) is 2. The fourth-order valence-electron chi connectivity index (χ4n) is 2.40. The van der Waals surface area contributed by atoms with Crippen molar-refractivity contribution in [2.75, 3.05) is 5.73 Å². The Bertz CT molecular complexity index is 980. The second kappa shape index (κ2) is 6.77. The Balaban J connectivity index is 2.22. The molecular weight excluding hydrogens is 338 g/mol. The molecule has 0 fully saturated rings. The summed E-state index contributed by atoms with van der Waals surface area (Å²) in [6.07, 6.45) is 0. The summed E-state index contributed by atoms with van der Waals surface area (Å²) in [5, 5.41) is 19.9. The van der Waals surface area contributed by atoms with Gasteiger partial charge < -0.3 is 16.6 Å². The predicted molar refractivity (Wildman–Crippen MR) is 96.6 cm³/mol. The summed E-state index contributed by atoms with van der Waals surface area (Å²) in [5.41, 5.74) is 14.1.